The van der Waals surface area contributed by atoms with E-state index in [1.54, 1.807) is 13.0 Å². The van der Waals surface area contributed by atoms with Gasteiger partial charge in [-0.1, -0.05) is 0 Å². The summed E-state index contributed by atoms with van der Waals surface area (Å²) < 4.78 is 31.5. The number of aliphatic hydroxyl groups is 1. The van der Waals surface area contributed by atoms with Crippen LogP contribution in [-0.4, -0.2) is 11.0 Å². The fourth-order valence-corrected chi connectivity index (χ4v) is 2.70. The van der Waals surface area contributed by atoms with E-state index >= 15 is 0 Å². The van der Waals surface area contributed by atoms with Gasteiger partial charge in [-0.25, -0.2) is 8.78 Å². The van der Waals surface area contributed by atoms with E-state index in [4.69, 9.17) is 4.42 Å². The molecule has 1 aromatic heterocycles. The Morgan fingerprint density at radius 2 is 2.35 bits per heavy atom. The molecular formula is C13H18F2O2. The Morgan fingerprint density at radius 1 is 1.59 bits per heavy atom. The Balaban J connectivity index is 2.01. The molecule has 0 amide bonds. The van der Waals surface area contributed by atoms with Gasteiger partial charge in [0, 0.05) is 18.4 Å². The number of halogens is 2. The normalized spacial score (nSPS) is 27.6. The highest BCUT2D eigenvalue weighted by Gasteiger charge is 2.39. The summed E-state index contributed by atoms with van der Waals surface area (Å²) in [5.74, 6) is -2.68. The molecule has 17 heavy (non-hydrogen) atoms. The molecule has 0 radical (unpaired) electrons. The second-order valence-corrected chi connectivity index (χ2v) is 5.31. The summed E-state index contributed by atoms with van der Waals surface area (Å²) in [4.78, 5) is 0. The first-order valence-corrected chi connectivity index (χ1v) is 6.02. The van der Waals surface area contributed by atoms with Crippen molar-refractivity contribution in [1.29, 1.82) is 0 Å². The Kier molecular flexibility index (Phi) is 3.25. The van der Waals surface area contributed by atoms with Crippen LogP contribution in [0.1, 0.15) is 44.6 Å². The lowest BCUT2D eigenvalue weighted by Gasteiger charge is -2.33. The number of alkyl halides is 2. The summed E-state index contributed by atoms with van der Waals surface area (Å²) in [6.45, 7) is 1.66. The molecule has 2 atom stereocenters. The van der Waals surface area contributed by atoms with Crippen molar-refractivity contribution < 1.29 is 18.3 Å². The summed E-state index contributed by atoms with van der Waals surface area (Å²) in [7, 11) is 0. The van der Waals surface area contributed by atoms with Crippen LogP contribution < -0.4 is 0 Å². The van der Waals surface area contributed by atoms with Crippen LogP contribution in [-0.2, 0) is 5.60 Å². The highest BCUT2D eigenvalue weighted by Crippen LogP contribution is 2.41. The first kappa shape index (κ1) is 12.6. The van der Waals surface area contributed by atoms with E-state index in [2.05, 4.69) is 0 Å². The van der Waals surface area contributed by atoms with Crippen LogP contribution in [0.2, 0.25) is 0 Å². The lowest BCUT2D eigenvalue weighted by Crippen LogP contribution is -2.31. The van der Waals surface area contributed by atoms with Gasteiger partial charge in [0.25, 0.3) is 0 Å². The van der Waals surface area contributed by atoms with Crippen LogP contribution in [0.3, 0.4) is 0 Å². The lowest BCUT2D eigenvalue weighted by molar-refractivity contribution is -0.0693. The zero-order chi connectivity index (χ0) is 12.5. The van der Waals surface area contributed by atoms with Crippen molar-refractivity contribution in [3.63, 3.8) is 0 Å². The van der Waals surface area contributed by atoms with Crippen LogP contribution in [0.15, 0.2) is 23.0 Å². The lowest BCUT2D eigenvalue weighted by atomic mass is 9.78. The molecule has 2 unspecified atom stereocenters. The molecule has 96 valence electrons. The third-order valence-corrected chi connectivity index (χ3v) is 3.57. The predicted octanol–water partition coefficient (Wildman–Crippen LogP) is 3.70. The van der Waals surface area contributed by atoms with Gasteiger partial charge in [0.2, 0.25) is 5.92 Å². The molecule has 0 saturated heterocycles. The van der Waals surface area contributed by atoms with Crippen LogP contribution >= 0.6 is 0 Å². The van der Waals surface area contributed by atoms with Crippen molar-refractivity contribution >= 4 is 0 Å². The maximum Gasteiger partial charge on any atom is 0.248 e. The molecular weight excluding hydrogens is 226 g/mol. The molecule has 1 heterocycles. The van der Waals surface area contributed by atoms with Crippen molar-refractivity contribution in [2.24, 2.45) is 5.92 Å². The number of hydrogen-bond donors (Lipinski definition) is 1. The zero-order valence-corrected chi connectivity index (χ0v) is 9.96. The third-order valence-electron chi connectivity index (χ3n) is 3.57. The highest BCUT2D eigenvalue weighted by atomic mass is 19.3. The van der Waals surface area contributed by atoms with Gasteiger partial charge in [-0.05, 0) is 38.2 Å². The van der Waals surface area contributed by atoms with Crippen molar-refractivity contribution in [3.8, 4) is 0 Å². The number of furan rings is 1. The van der Waals surface area contributed by atoms with Gasteiger partial charge in [0.05, 0.1) is 18.1 Å². The molecule has 1 N–H and O–H groups in total. The molecule has 1 aliphatic rings. The van der Waals surface area contributed by atoms with Gasteiger partial charge in [-0.15, -0.1) is 0 Å². The maximum atomic E-state index is 13.3. The highest BCUT2D eigenvalue weighted by molar-refractivity contribution is 5.15. The second-order valence-electron chi connectivity index (χ2n) is 5.31. The van der Waals surface area contributed by atoms with Crippen LogP contribution in [0.5, 0.6) is 0 Å². The van der Waals surface area contributed by atoms with Crippen molar-refractivity contribution in [2.75, 3.05) is 0 Å². The van der Waals surface area contributed by atoms with Gasteiger partial charge >= 0.3 is 0 Å². The minimum Gasteiger partial charge on any atom is -0.472 e. The second kappa shape index (κ2) is 4.41. The summed E-state index contributed by atoms with van der Waals surface area (Å²) in [6.07, 6.45) is 4.50. The Labute approximate surface area is 99.6 Å². The summed E-state index contributed by atoms with van der Waals surface area (Å²) >= 11 is 0. The largest absolute Gasteiger partial charge is 0.472 e. The van der Waals surface area contributed by atoms with E-state index < -0.39 is 11.5 Å². The minimum atomic E-state index is -2.56. The first-order valence-electron chi connectivity index (χ1n) is 6.02. The van der Waals surface area contributed by atoms with E-state index in [-0.39, 0.29) is 18.8 Å². The summed E-state index contributed by atoms with van der Waals surface area (Å²) in [6, 6.07) is 1.68. The summed E-state index contributed by atoms with van der Waals surface area (Å²) in [5.41, 5.74) is -0.420. The van der Waals surface area contributed by atoms with Gasteiger partial charge < -0.3 is 9.52 Å². The smallest absolute Gasteiger partial charge is 0.248 e. The van der Waals surface area contributed by atoms with Crippen LogP contribution in [0.4, 0.5) is 8.78 Å². The monoisotopic (exact) mass is 244 g/mol. The van der Waals surface area contributed by atoms with Gasteiger partial charge in [-0.3, -0.25) is 0 Å². The number of rotatable bonds is 3. The minimum absolute atomic E-state index is 0.0165. The Morgan fingerprint density at radius 3 is 2.94 bits per heavy atom. The average Bonchev–Trinajstić information content (AvgIpc) is 2.67. The Hall–Kier alpha value is -0.900. The number of hydrogen-bond acceptors (Lipinski definition) is 2. The molecule has 4 heteroatoms. The molecule has 0 aliphatic heterocycles. The molecule has 1 saturated carbocycles. The zero-order valence-electron chi connectivity index (χ0n) is 9.96. The summed E-state index contributed by atoms with van der Waals surface area (Å²) in [5, 5.41) is 10.3. The topological polar surface area (TPSA) is 33.4 Å². The SMILES string of the molecule is CC(O)(CC1CCCC(F)(F)C1)c1ccoc1. The molecule has 0 aromatic carbocycles. The predicted molar refractivity (Wildman–Crippen MR) is 59.8 cm³/mol. The molecule has 2 rings (SSSR count). The molecule has 1 fully saturated rings. The molecule has 1 aromatic rings. The van der Waals surface area contributed by atoms with Crippen LogP contribution in [0, 0.1) is 5.92 Å². The first-order chi connectivity index (χ1) is 7.89. The molecule has 0 spiro atoms. The van der Waals surface area contributed by atoms with Gasteiger partial charge in [0.1, 0.15) is 0 Å². The van der Waals surface area contributed by atoms with E-state index in [1.807, 2.05) is 0 Å². The van der Waals surface area contributed by atoms with Crippen LogP contribution in [0.25, 0.3) is 0 Å². The maximum absolute atomic E-state index is 13.3. The average molecular weight is 244 g/mol. The molecule has 2 nitrogen and oxygen atoms in total. The Bertz CT molecular complexity index is 358. The quantitative estimate of drug-likeness (QED) is 0.879. The van der Waals surface area contributed by atoms with E-state index in [0.29, 0.717) is 18.4 Å². The third kappa shape index (κ3) is 3.06. The molecule has 0 bridgehead atoms. The molecule has 1 aliphatic carbocycles. The van der Waals surface area contributed by atoms with Gasteiger partial charge in [-0.2, -0.15) is 0 Å². The van der Waals surface area contributed by atoms with E-state index in [1.165, 1.54) is 12.5 Å². The van der Waals surface area contributed by atoms with E-state index in [0.717, 1.165) is 6.42 Å². The van der Waals surface area contributed by atoms with Crippen molar-refractivity contribution in [3.05, 3.63) is 24.2 Å². The fourth-order valence-electron chi connectivity index (χ4n) is 2.70. The standard InChI is InChI=1S/C13H18F2O2/c1-12(16,11-4-6-17-9-11)7-10-3-2-5-13(14,15)8-10/h4,6,9-10,16H,2-3,5,7-8H2,1H3. The van der Waals surface area contributed by atoms with Crippen molar-refractivity contribution in [2.45, 2.75) is 50.6 Å². The van der Waals surface area contributed by atoms with Gasteiger partial charge in [0.15, 0.2) is 0 Å². The van der Waals surface area contributed by atoms with E-state index in [9.17, 15) is 13.9 Å². The fraction of sp³-hybridized carbons (Fsp3) is 0.692. The van der Waals surface area contributed by atoms with Crippen molar-refractivity contribution in [1.82, 2.24) is 0 Å².